The van der Waals surface area contributed by atoms with E-state index in [0.29, 0.717) is 5.92 Å². The second-order valence-corrected chi connectivity index (χ2v) is 26.3. The van der Waals surface area contributed by atoms with Gasteiger partial charge in [0.1, 0.15) is 0 Å². The van der Waals surface area contributed by atoms with Crippen molar-refractivity contribution in [3.63, 3.8) is 0 Å². The molecule has 0 unspecified atom stereocenters. The number of benzene rings is 5. The molecule has 5 aromatic carbocycles. The SMILES string of the molecule is C[Si](C)(C)c1cccc(N2c3ccc([Si](C)(C)C)cc3B3c4ccccc4N(c4ccccc4)c4cc(C5CCCCC5)cc2c43)c1. The van der Waals surface area contributed by atoms with Gasteiger partial charge in [0, 0.05) is 34.1 Å². The Morgan fingerprint density at radius 1 is 0.511 bits per heavy atom. The van der Waals surface area contributed by atoms with E-state index in [-0.39, 0.29) is 6.71 Å². The third-order valence-corrected chi connectivity index (χ3v) is 15.0. The van der Waals surface area contributed by atoms with Crippen LogP contribution in [0.1, 0.15) is 43.6 Å². The first kappa shape index (κ1) is 30.5. The van der Waals surface area contributed by atoms with Crippen molar-refractivity contribution < 1.29 is 0 Å². The quantitative estimate of drug-likeness (QED) is 0.172. The van der Waals surface area contributed by atoms with Gasteiger partial charge in [-0.05, 0) is 89.2 Å². The number of hydrogen-bond acceptors (Lipinski definition) is 2. The van der Waals surface area contributed by atoms with Gasteiger partial charge >= 0.3 is 0 Å². The van der Waals surface area contributed by atoms with Gasteiger partial charge in [-0.1, -0.05) is 130 Å². The molecule has 0 radical (unpaired) electrons. The molecule has 0 aromatic heterocycles. The average Bonchev–Trinajstić information content (AvgIpc) is 3.07. The monoisotopic (exact) mass is 646 g/mol. The highest BCUT2D eigenvalue weighted by molar-refractivity contribution is 7.01. The molecule has 0 bridgehead atoms. The van der Waals surface area contributed by atoms with E-state index in [1.165, 1.54) is 98.6 Å². The molecule has 5 heteroatoms. The fourth-order valence-corrected chi connectivity index (χ4v) is 10.7. The standard InChI is InChI=1S/C42H47BN2Si2/c1-46(2,3)34-21-15-20-33(28-34)45-39-25-24-35(47(4,5)6)29-37(39)43-36-22-13-14-23-38(36)44(32-18-11-8-12-19-32)40-26-31(27-41(45)42(40)43)30-16-9-7-10-17-30/h8,11-15,18-30H,7,9-10,16-17H2,1-6H3. The minimum Gasteiger partial charge on any atom is -0.311 e. The molecule has 2 aliphatic heterocycles. The molecule has 1 aliphatic carbocycles. The van der Waals surface area contributed by atoms with E-state index >= 15 is 0 Å². The van der Waals surface area contributed by atoms with Crippen molar-refractivity contribution in [1.82, 2.24) is 0 Å². The molecule has 1 saturated carbocycles. The van der Waals surface area contributed by atoms with Crippen LogP contribution in [0.5, 0.6) is 0 Å². The van der Waals surface area contributed by atoms with E-state index in [9.17, 15) is 0 Å². The minimum atomic E-state index is -1.57. The molecule has 47 heavy (non-hydrogen) atoms. The van der Waals surface area contributed by atoms with Crippen LogP contribution in [0.4, 0.5) is 34.1 Å². The highest BCUT2D eigenvalue weighted by Gasteiger charge is 2.44. The van der Waals surface area contributed by atoms with Crippen LogP contribution >= 0.6 is 0 Å². The number of fused-ring (bicyclic) bond motifs is 4. The molecule has 0 atom stereocenters. The smallest absolute Gasteiger partial charge is 0.252 e. The van der Waals surface area contributed by atoms with Crippen molar-refractivity contribution in [3.8, 4) is 0 Å². The molecule has 1 fully saturated rings. The molecule has 0 spiro atoms. The Hall–Kier alpha value is -3.80. The Morgan fingerprint density at radius 2 is 1.11 bits per heavy atom. The summed E-state index contributed by atoms with van der Waals surface area (Å²) in [5.74, 6) is 0.601. The Labute approximate surface area is 284 Å². The van der Waals surface area contributed by atoms with Crippen LogP contribution in [0.3, 0.4) is 0 Å². The first-order valence-corrected chi connectivity index (χ1v) is 24.8. The second-order valence-electron chi connectivity index (χ2n) is 16.1. The predicted molar refractivity (Wildman–Crippen MR) is 212 cm³/mol. The summed E-state index contributed by atoms with van der Waals surface area (Å²) in [6.45, 7) is 15.0. The first-order valence-electron chi connectivity index (χ1n) is 17.8. The van der Waals surface area contributed by atoms with Gasteiger partial charge < -0.3 is 9.80 Å². The maximum atomic E-state index is 2.64. The highest BCUT2D eigenvalue weighted by atomic mass is 28.3. The van der Waals surface area contributed by atoms with Crippen LogP contribution in [0.2, 0.25) is 39.3 Å². The van der Waals surface area contributed by atoms with E-state index in [1.807, 2.05) is 0 Å². The molecular weight excluding hydrogens is 599 g/mol. The maximum Gasteiger partial charge on any atom is 0.252 e. The maximum absolute atomic E-state index is 2.64. The topological polar surface area (TPSA) is 6.48 Å². The van der Waals surface area contributed by atoms with Gasteiger partial charge in [-0.3, -0.25) is 0 Å². The Morgan fingerprint density at radius 3 is 1.81 bits per heavy atom. The van der Waals surface area contributed by atoms with Crippen LogP contribution in [-0.2, 0) is 0 Å². The van der Waals surface area contributed by atoms with Crippen molar-refractivity contribution in [2.75, 3.05) is 9.80 Å². The minimum absolute atomic E-state index is 0.180. The van der Waals surface area contributed by atoms with E-state index in [1.54, 1.807) is 0 Å². The molecular formula is C42H47BN2Si2. The number of nitrogens with zero attached hydrogens (tertiary/aromatic N) is 2. The lowest BCUT2D eigenvalue weighted by Crippen LogP contribution is -2.62. The van der Waals surface area contributed by atoms with Gasteiger partial charge in [0.05, 0.1) is 16.1 Å². The summed E-state index contributed by atoms with van der Waals surface area (Å²) >= 11 is 0. The van der Waals surface area contributed by atoms with Crippen LogP contribution in [-0.4, -0.2) is 22.9 Å². The molecule has 8 rings (SSSR count). The molecule has 2 nitrogen and oxygen atoms in total. The van der Waals surface area contributed by atoms with Crippen LogP contribution in [0.15, 0.2) is 109 Å². The fourth-order valence-electron chi connectivity index (χ4n) is 8.36. The molecule has 0 N–H and O–H groups in total. The molecule has 0 saturated heterocycles. The number of anilines is 6. The Balaban J connectivity index is 1.48. The van der Waals surface area contributed by atoms with Crippen molar-refractivity contribution >= 4 is 83.7 Å². The van der Waals surface area contributed by atoms with Crippen LogP contribution in [0.25, 0.3) is 0 Å². The summed E-state index contributed by atoms with van der Waals surface area (Å²) < 4.78 is 0. The normalized spacial score (nSPS) is 16.1. The van der Waals surface area contributed by atoms with Gasteiger partial charge in [-0.25, -0.2) is 0 Å². The van der Waals surface area contributed by atoms with E-state index in [2.05, 4.69) is 158 Å². The molecule has 0 amide bonds. The van der Waals surface area contributed by atoms with Gasteiger partial charge in [0.25, 0.3) is 6.71 Å². The molecule has 3 aliphatic rings. The zero-order valence-electron chi connectivity index (χ0n) is 29.0. The zero-order chi connectivity index (χ0) is 32.5. The van der Waals surface area contributed by atoms with Gasteiger partial charge in [0.15, 0.2) is 0 Å². The summed E-state index contributed by atoms with van der Waals surface area (Å²) in [6, 6.07) is 42.5. The van der Waals surface area contributed by atoms with E-state index in [0.717, 1.165) is 0 Å². The number of para-hydroxylation sites is 2. The van der Waals surface area contributed by atoms with Crippen LogP contribution in [0, 0.1) is 0 Å². The molecule has 2 heterocycles. The summed E-state index contributed by atoms with van der Waals surface area (Å²) in [6.07, 6.45) is 6.59. The van der Waals surface area contributed by atoms with Gasteiger partial charge in [-0.2, -0.15) is 0 Å². The lowest BCUT2D eigenvalue weighted by molar-refractivity contribution is 0.444. The Bertz CT molecular complexity index is 1970. The van der Waals surface area contributed by atoms with Crippen molar-refractivity contribution in [1.29, 1.82) is 0 Å². The lowest BCUT2D eigenvalue weighted by atomic mass is 9.33. The van der Waals surface area contributed by atoms with E-state index in [4.69, 9.17) is 0 Å². The summed E-state index contributed by atoms with van der Waals surface area (Å²) in [7, 11) is -3.10. The lowest BCUT2D eigenvalue weighted by Gasteiger charge is -2.45. The summed E-state index contributed by atoms with van der Waals surface area (Å²) in [4.78, 5) is 5.22. The predicted octanol–water partition coefficient (Wildman–Crippen LogP) is 8.91. The average molecular weight is 647 g/mol. The zero-order valence-corrected chi connectivity index (χ0v) is 31.0. The molecule has 236 valence electrons. The van der Waals surface area contributed by atoms with E-state index < -0.39 is 16.1 Å². The number of rotatable bonds is 5. The van der Waals surface area contributed by atoms with Crippen LogP contribution < -0.4 is 36.6 Å². The largest absolute Gasteiger partial charge is 0.311 e. The summed E-state index contributed by atoms with van der Waals surface area (Å²) in [5.41, 5.74) is 13.7. The second kappa shape index (κ2) is 11.4. The van der Waals surface area contributed by atoms with Crippen molar-refractivity contribution in [2.24, 2.45) is 0 Å². The van der Waals surface area contributed by atoms with Crippen molar-refractivity contribution in [3.05, 3.63) is 115 Å². The molecule has 5 aromatic rings. The third kappa shape index (κ3) is 5.23. The van der Waals surface area contributed by atoms with Gasteiger partial charge in [0.2, 0.25) is 0 Å². The third-order valence-electron chi connectivity index (χ3n) is 10.9. The highest BCUT2D eigenvalue weighted by Crippen LogP contribution is 2.46. The summed E-state index contributed by atoms with van der Waals surface area (Å²) in [5, 5.41) is 3.03. The first-order chi connectivity index (χ1) is 22.6. The number of hydrogen-bond donors (Lipinski definition) is 0. The fraction of sp³-hybridized carbons (Fsp3) is 0.286. The Kier molecular flexibility index (Phi) is 7.42. The van der Waals surface area contributed by atoms with Crippen molar-refractivity contribution in [2.45, 2.75) is 77.3 Å². The van der Waals surface area contributed by atoms with Gasteiger partial charge in [-0.15, -0.1) is 0 Å².